The molecule has 2 atom stereocenters. The first kappa shape index (κ1) is 18.2. The number of hydrogen-bond donors (Lipinski definition) is 2. The molecule has 7 nitrogen and oxygen atoms in total. The van der Waals surface area contributed by atoms with Gasteiger partial charge in [0.15, 0.2) is 0 Å². The van der Waals surface area contributed by atoms with Gasteiger partial charge in [0.25, 0.3) is 5.69 Å². The lowest BCUT2D eigenvalue weighted by Crippen LogP contribution is -2.31. The standard InChI is InChI=1S/C17H22N2O5/c1-17(2)8-12(7-14(21)9-17)18-15(10-20)16(22)11-3-5-13(6-4-11)19(23)24/h3-6,15-16,20,22H,7-10H2,1-2H3/t15-,16+/m1/s1. The minimum absolute atomic E-state index is 0.0718. The van der Waals surface area contributed by atoms with Crippen LogP contribution in [0.1, 0.15) is 44.8 Å². The number of nitro benzene ring substituents is 1. The molecule has 0 radical (unpaired) electrons. The number of rotatable bonds is 5. The van der Waals surface area contributed by atoms with E-state index in [4.69, 9.17) is 0 Å². The van der Waals surface area contributed by atoms with E-state index in [9.17, 15) is 25.1 Å². The van der Waals surface area contributed by atoms with Gasteiger partial charge in [0.1, 0.15) is 17.9 Å². The van der Waals surface area contributed by atoms with Crippen molar-refractivity contribution < 1.29 is 19.9 Å². The zero-order valence-electron chi connectivity index (χ0n) is 13.8. The number of nitrogens with zero attached hydrogens (tertiary/aromatic N) is 2. The van der Waals surface area contributed by atoms with Crippen LogP contribution in [-0.2, 0) is 4.79 Å². The molecule has 130 valence electrons. The van der Waals surface area contributed by atoms with Crippen molar-refractivity contribution in [3.8, 4) is 0 Å². The normalized spacial score (nSPS) is 21.5. The van der Waals surface area contributed by atoms with Crippen LogP contribution in [0.25, 0.3) is 0 Å². The third kappa shape index (κ3) is 4.46. The van der Waals surface area contributed by atoms with Crippen molar-refractivity contribution in [2.45, 2.75) is 45.3 Å². The Balaban J connectivity index is 2.19. The molecule has 1 aromatic carbocycles. The van der Waals surface area contributed by atoms with Crippen LogP contribution in [0.15, 0.2) is 29.3 Å². The summed E-state index contributed by atoms with van der Waals surface area (Å²) in [5.41, 5.74) is 0.867. The second-order valence-corrected chi connectivity index (χ2v) is 6.97. The molecule has 2 rings (SSSR count). The number of aliphatic imine (C=N–C) groups is 1. The third-order valence-electron chi connectivity index (χ3n) is 4.10. The Labute approximate surface area is 140 Å². The van der Waals surface area contributed by atoms with E-state index in [2.05, 4.69) is 4.99 Å². The summed E-state index contributed by atoms with van der Waals surface area (Å²) >= 11 is 0. The van der Waals surface area contributed by atoms with Crippen LogP contribution in [0, 0.1) is 15.5 Å². The molecule has 1 aliphatic carbocycles. The predicted molar refractivity (Wildman–Crippen MR) is 89.0 cm³/mol. The van der Waals surface area contributed by atoms with Crippen LogP contribution in [0.4, 0.5) is 5.69 Å². The Hall–Kier alpha value is -2.12. The molecule has 0 spiro atoms. The molecule has 1 aliphatic rings. The van der Waals surface area contributed by atoms with Crippen LogP contribution in [0.3, 0.4) is 0 Å². The number of Topliss-reactive ketones (excluding diaryl/α,β-unsaturated/α-hetero) is 1. The number of carbonyl (C=O) groups excluding carboxylic acids is 1. The molecule has 7 heteroatoms. The van der Waals surface area contributed by atoms with Gasteiger partial charge >= 0.3 is 0 Å². The van der Waals surface area contributed by atoms with Crippen molar-refractivity contribution in [2.75, 3.05) is 6.61 Å². The molecule has 0 aliphatic heterocycles. The van der Waals surface area contributed by atoms with Gasteiger partial charge in [-0.3, -0.25) is 19.9 Å². The molecule has 0 amide bonds. The van der Waals surface area contributed by atoms with E-state index in [1.165, 1.54) is 24.3 Å². The predicted octanol–water partition coefficient (Wildman–Crippen LogP) is 2.21. The van der Waals surface area contributed by atoms with Crippen molar-refractivity contribution in [3.05, 3.63) is 39.9 Å². The highest BCUT2D eigenvalue weighted by Crippen LogP contribution is 2.32. The largest absolute Gasteiger partial charge is 0.394 e. The topological polar surface area (TPSA) is 113 Å². The van der Waals surface area contributed by atoms with E-state index in [0.29, 0.717) is 24.1 Å². The molecule has 1 aromatic rings. The van der Waals surface area contributed by atoms with Crippen molar-refractivity contribution in [2.24, 2.45) is 10.4 Å². The molecule has 1 fully saturated rings. The van der Waals surface area contributed by atoms with E-state index in [-0.39, 0.29) is 29.9 Å². The lowest BCUT2D eigenvalue weighted by molar-refractivity contribution is -0.384. The smallest absolute Gasteiger partial charge is 0.269 e. The minimum Gasteiger partial charge on any atom is -0.394 e. The van der Waals surface area contributed by atoms with Gasteiger partial charge in [-0.25, -0.2) is 0 Å². The molecule has 0 bridgehead atoms. The Morgan fingerprint density at radius 2 is 1.92 bits per heavy atom. The van der Waals surface area contributed by atoms with Gasteiger partial charge in [-0.2, -0.15) is 0 Å². The minimum atomic E-state index is -1.09. The molecule has 0 aromatic heterocycles. The number of hydrogen-bond acceptors (Lipinski definition) is 6. The van der Waals surface area contributed by atoms with Gasteiger partial charge in [-0.15, -0.1) is 0 Å². The number of ketones is 1. The van der Waals surface area contributed by atoms with Crippen molar-refractivity contribution in [1.29, 1.82) is 0 Å². The summed E-state index contributed by atoms with van der Waals surface area (Å²) in [6.45, 7) is 3.59. The fourth-order valence-corrected chi connectivity index (χ4v) is 3.05. The van der Waals surface area contributed by atoms with Crippen LogP contribution in [0.5, 0.6) is 0 Å². The second kappa shape index (κ2) is 7.19. The molecule has 0 saturated heterocycles. The third-order valence-corrected chi connectivity index (χ3v) is 4.10. The summed E-state index contributed by atoms with van der Waals surface area (Å²) in [4.78, 5) is 26.4. The maximum Gasteiger partial charge on any atom is 0.269 e. The maximum atomic E-state index is 11.8. The number of nitro groups is 1. The Morgan fingerprint density at radius 1 is 1.29 bits per heavy atom. The summed E-state index contributed by atoms with van der Waals surface area (Å²) in [6.07, 6.45) is 0.291. The zero-order chi connectivity index (χ0) is 17.9. The van der Waals surface area contributed by atoms with E-state index < -0.39 is 17.1 Å². The summed E-state index contributed by atoms with van der Waals surface area (Å²) in [7, 11) is 0. The quantitative estimate of drug-likeness (QED) is 0.633. The molecular weight excluding hydrogens is 312 g/mol. The molecule has 24 heavy (non-hydrogen) atoms. The Kier molecular flexibility index (Phi) is 5.46. The Morgan fingerprint density at radius 3 is 2.42 bits per heavy atom. The maximum absolute atomic E-state index is 11.8. The summed E-state index contributed by atoms with van der Waals surface area (Å²) < 4.78 is 0. The average molecular weight is 334 g/mol. The van der Waals surface area contributed by atoms with E-state index in [1.807, 2.05) is 13.8 Å². The summed E-state index contributed by atoms with van der Waals surface area (Å²) in [5, 5.41) is 30.7. The molecule has 0 heterocycles. The van der Waals surface area contributed by atoms with Gasteiger partial charge in [-0.05, 0) is 29.5 Å². The van der Waals surface area contributed by atoms with Gasteiger partial charge < -0.3 is 10.2 Å². The van der Waals surface area contributed by atoms with Crippen molar-refractivity contribution in [3.63, 3.8) is 0 Å². The molecule has 2 N–H and O–H groups in total. The van der Waals surface area contributed by atoms with Gasteiger partial charge in [0, 0.05) is 30.7 Å². The highest BCUT2D eigenvalue weighted by Gasteiger charge is 2.31. The van der Waals surface area contributed by atoms with Gasteiger partial charge in [0.2, 0.25) is 0 Å². The average Bonchev–Trinajstić information content (AvgIpc) is 2.50. The number of benzene rings is 1. The lowest BCUT2D eigenvalue weighted by Gasteiger charge is -2.30. The van der Waals surface area contributed by atoms with Crippen molar-refractivity contribution >= 4 is 17.2 Å². The fourth-order valence-electron chi connectivity index (χ4n) is 3.05. The number of aliphatic hydroxyl groups excluding tert-OH is 2. The van der Waals surface area contributed by atoms with Crippen LogP contribution >= 0.6 is 0 Å². The molecule has 1 saturated carbocycles. The van der Waals surface area contributed by atoms with Gasteiger partial charge in [0.05, 0.1) is 11.5 Å². The first-order valence-electron chi connectivity index (χ1n) is 7.82. The Bertz CT molecular complexity index is 651. The van der Waals surface area contributed by atoms with E-state index >= 15 is 0 Å². The molecular formula is C17H22N2O5. The van der Waals surface area contributed by atoms with Crippen LogP contribution in [0.2, 0.25) is 0 Å². The highest BCUT2D eigenvalue weighted by molar-refractivity contribution is 6.04. The van der Waals surface area contributed by atoms with Crippen LogP contribution < -0.4 is 0 Å². The first-order valence-corrected chi connectivity index (χ1v) is 7.82. The van der Waals surface area contributed by atoms with Crippen LogP contribution in [-0.4, -0.2) is 39.3 Å². The summed E-state index contributed by atoms with van der Waals surface area (Å²) in [5.74, 6) is 0.103. The van der Waals surface area contributed by atoms with Crippen molar-refractivity contribution in [1.82, 2.24) is 0 Å². The first-order chi connectivity index (χ1) is 11.2. The summed E-state index contributed by atoms with van der Waals surface area (Å²) in [6, 6.07) is 4.69. The monoisotopic (exact) mass is 334 g/mol. The number of aliphatic hydroxyl groups is 2. The lowest BCUT2D eigenvalue weighted by atomic mass is 9.76. The van der Waals surface area contributed by atoms with E-state index in [1.54, 1.807) is 0 Å². The second-order valence-electron chi connectivity index (χ2n) is 6.97. The highest BCUT2D eigenvalue weighted by atomic mass is 16.6. The SMILES string of the molecule is CC1(C)CC(=O)CC(=N[C@H](CO)[C@@H](O)c2ccc([N+](=O)[O-])cc2)C1. The zero-order valence-corrected chi connectivity index (χ0v) is 13.8. The van der Waals surface area contributed by atoms with Gasteiger partial charge in [-0.1, -0.05) is 13.8 Å². The number of carbonyl (C=O) groups is 1. The fraction of sp³-hybridized carbons (Fsp3) is 0.529. The number of non-ortho nitro benzene ring substituents is 1. The molecule has 0 unspecified atom stereocenters. The van der Waals surface area contributed by atoms with E-state index in [0.717, 1.165) is 0 Å².